The number of hydrogen-bond donors (Lipinski definition) is 1. The van der Waals surface area contributed by atoms with Gasteiger partial charge >= 0.3 is 5.97 Å². The Bertz CT molecular complexity index is 783. The summed E-state index contributed by atoms with van der Waals surface area (Å²) < 4.78 is 10.4. The number of aryl methyl sites for hydroxylation is 1. The molecular weight excluding hydrogens is 330 g/mol. The molecule has 0 aliphatic heterocycles. The second-order valence-electron chi connectivity index (χ2n) is 6.44. The summed E-state index contributed by atoms with van der Waals surface area (Å²) in [5.41, 5.74) is 3.54. The first-order chi connectivity index (χ1) is 12.4. The lowest BCUT2D eigenvalue weighted by molar-refractivity contribution is -0.146. The minimum Gasteiger partial charge on any atom is -0.496 e. The maximum absolute atomic E-state index is 12.1. The number of esters is 1. The van der Waals surface area contributed by atoms with Crippen LogP contribution in [0, 0.1) is 6.92 Å². The van der Waals surface area contributed by atoms with Gasteiger partial charge in [0.05, 0.1) is 13.5 Å². The Morgan fingerprint density at radius 1 is 1.12 bits per heavy atom. The average Bonchev–Trinajstić information content (AvgIpc) is 2.60. The number of carbonyl (C=O) groups excluding carboxylic acids is 2. The number of amides is 1. The van der Waals surface area contributed by atoms with E-state index in [2.05, 4.69) is 19.2 Å². The fourth-order valence-electron chi connectivity index (χ4n) is 2.70. The number of rotatable bonds is 7. The largest absolute Gasteiger partial charge is 0.496 e. The number of nitrogens with one attached hydrogen (secondary N) is 1. The van der Waals surface area contributed by atoms with E-state index in [-0.39, 0.29) is 24.9 Å². The lowest BCUT2D eigenvalue weighted by atomic mass is 10.0. The molecule has 138 valence electrons. The Balaban J connectivity index is 1.92. The van der Waals surface area contributed by atoms with Gasteiger partial charge in [-0.1, -0.05) is 49.7 Å². The molecule has 0 fully saturated rings. The third-order valence-electron chi connectivity index (χ3n) is 3.99. The Morgan fingerprint density at radius 2 is 1.85 bits per heavy atom. The van der Waals surface area contributed by atoms with Crippen LogP contribution in [0.5, 0.6) is 5.75 Å². The molecule has 2 aromatic carbocycles. The molecule has 5 nitrogen and oxygen atoms in total. The number of benzene rings is 2. The fraction of sp³-hybridized carbons (Fsp3) is 0.333. The maximum atomic E-state index is 12.1. The van der Waals surface area contributed by atoms with Gasteiger partial charge in [0.1, 0.15) is 5.75 Å². The number of ether oxygens (including phenoxy) is 2. The summed E-state index contributed by atoms with van der Waals surface area (Å²) in [5, 5.41) is 2.80. The van der Waals surface area contributed by atoms with Crippen molar-refractivity contribution in [1.82, 2.24) is 0 Å². The van der Waals surface area contributed by atoms with E-state index in [1.807, 2.05) is 49.4 Å². The highest BCUT2D eigenvalue weighted by Crippen LogP contribution is 2.23. The van der Waals surface area contributed by atoms with E-state index in [1.54, 1.807) is 7.11 Å². The molecule has 0 aliphatic carbocycles. The number of para-hydroxylation sites is 1. The van der Waals surface area contributed by atoms with Gasteiger partial charge in [-0.15, -0.1) is 0 Å². The van der Waals surface area contributed by atoms with Crippen molar-refractivity contribution in [2.75, 3.05) is 19.0 Å². The summed E-state index contributed by atoms with van der Waals surface area (Å²) in [6.45, 7) is 5.73. The van der Waals surface area contributed by atoms with Gasteiger partial charge in [0.15, 0.2) is 6.61 Å². The maximum Gasteiger partial charge on any atom is 0.310 e. The molecule has 0 aliphatic rings. The van der Waals surface area contributed by atoms with Crippen molar-refractivity contribution in [2.24, 2.45) is 0 Å². The second-order valence-corrected chi connectivity index (χ2v) is 6.44. The topological polar surface area (TPSA) is 64.6 Å². The van der Waals surface area contributed by atoms with Crippen LogP contribution in [0.4, 0.5) is 5.69 Å². The van der Waals surface area contributed by atoms with Crippen molar-refractivity contribution in [3.05, 3.63) is 59.2 Å². The van der Waals surface area contributed by atoms with Crippen molar-refractivity contribution in [3.63, 3.8) is 0 Å². The number of methoxy groups -OCH3 is 1. The lowest BCUT2D eigenvalue weighted by Gasteiger charge is -2.14. The summed E-state index contributed by atoms with van der Waals surface area (Å²) in [6.07, 6.45) is 0.0563. The smallest absolute Gasteiger partial charge is 0.310 e. The van der Waals surface area contributed by atoms with Gasteiger partial charge in [-0.3, -0.25) is 9.59 Å². The predicted octanol–water partition coefficient (Wildman–Crippen LogP) is 3.85. The van der Waals surface area contributed by atoms with E-state index >= 15 is 0 Å². The Hall–Kier alpha value is -2.82. The molecule has 0 atom stereocenters. The van der Waals surface area contributed by atoms with Crippen LogP contribution in [0.25, 0.3) is 0 Å². The zero-order valence-electron chi connectivity index (χ0n) is 15.7. The normalized spacial score (nSPS) is 10.5. The summed E-state index contributed by atoms with van der Waals surface area (Å²) in [4.78, 5) is 24.2. The van der Waals surface area contributed by atoms with Gasteiger partial charge < -0.3 is 14.8 Å². The molecule has 0 saturated heterocycles. The van der Waals surface area contributed by atoms with Crippen molar-refractivity contribution in [1.29, 1.82) is 0 Å². The molecule has 0 unspecified atom stereocenters. The van der Waals surface area contributed by atoms with Gasteiger partial charge in [0, 0.05) is 11.3 Å². The van der Waals surface area contributed by atoms with Crippen molar-refractivity contribution in [3.8, 4) is 5.75 Å². The quantitative estimate of drug-likeness (QED) is 0.766. The summed E-state index contributed by atoms with van der Waals surface area (Å²) in [5.74, 6) is 0.0783. The third-order valence-corrected chi connectivity index (χ3v) is 3.99. The highest BCUT2D eigenvalue weighted by Gasteiger charge is 2.14. The number of hydrogen-bond acceptors (Lipinski definition) is 4. The highest BCUT2D eigenvalue weighted by molar-refractivity contribution is 5.93. The first-order valence-corrected chi connectivity index (χ1v) is 8.58. The van der Waals surface area contributed by atoms with E-state index in [0.29, 0.717) is 5.75 Å². The molecule has 26 heavy (non-hydrogen) atoms. The zero-order valence-corrected chi connectivity index (χ0v) is 15.7. The van der Waals surface area contributed by atoms with Crippen molar-refractivity contribution in [2.45, 2.75) is 33.1 Å². The van der Waals surface area contributed by atoms with Crippen LogP contribution >= 0.6 is 0 Å². The molecule has 0 aromatic heterocycles. The molecule has 0 heterocycles. The molecule has 1 N–H and O–H groups in total. The zero-order chi connectivity index (χ0) is 19.1. The molecule has 5 heteroatoms. The molecule has 0 saturated carbocycles. The van der Waals surface area contributed by atoms with Gasteiger partial charge in [-0.05, 0) is 30.5 Å². The molecule has 1 amide bonds. The van der Waals surface area contributed by atoms with Gasteiger partial charge in [0.25, 0.3) is 5.91 Å². The molecule has 2 rings (SSSR count). The lowest BCUT2D eigenvalue weighted by Crippen LogP contribution is -2.22. The summed E-state index contributed by atoms with van der Waals surface area (Å²) in [7, 11) is 1.55. The minimum atomic E-state index is -0.471. The van der Waals surface area contributed by atoms with E-state index in [4.69, 9.17) is 9.47 Å². The Morgan fingerprint density at radius 3 is 2.54 bits per heavy atom. The van der Waals surface area contributed by atoms with E-state index in [1.165, 1.54) is 0 Å². The highest BCUT2D eigenvalue weighted by atomic mass is 16.5. The van der Waals surface area contributed by atoms with Crippen LogP contribution in [-0.2, 0) is 20.7 Å². The monoisotopic (exact) mass is 355 g/mol. The van der Waals surface area contributed by atoms with Gasteiger partial charge in [-0.2, -0.15) is 0 Å². The fourth-order valence-corrected chi connectivity index (χ4v) is 2.70. The molecule has 2 aromatic rings. The standard InChI is InChI=1S/C21H25NO4/c1-14(2)17-7-5-6-8-18(17)22-20(23)13-26-21(24)12-16-11-15(3)9-10-19(16)25-4/h5-11,14H,12-13H2,1-4H3,(H,22,23). The molecule has 0 spiro atoms. The molecular formula is C21H25NO4. The minimum absolute atomic E-state index is 0.0563. The Kier molecular flexibility index (Phi) is 6.78. The first kappa shape index (κ1) is 19.5. The Labute approximate surface area is 154 Å². The van der Waals surface area contributed by atoms with Crippen LogP contribution in [-0.4, -0.2) is 25.6 Å². The number of anilines is 1. The van der Waals surface area contributed by atoms with E-state index in [0.717, 1.165) is 22.4 Å². The summed E-state index contributed by atoms with van der Waals surface area (Å²) >= 11 is 0. The SMILES string of the molecule is COc1ccc(C)cc1CC(=O)OCC(=O)Nc1ccccc1C(C)C. The van der Waals surface area contributed by atoms with E-state index < -0.39 is 5.97 Å². The van der Waals surface area contributed by atoms with E-state index in [9.17, 15) is 9.59 Å². The van der Waals surface area contributed by atoms with Crippen LogP contribution in [0.1, 0.15) is 36.5 Å². The van der Waals surface area contributed by atoms with Gasteiger partial charge in [-0.25, -0.2) is 0 Å². The van der Waals surface area contributed by atoms with Crippen LogP contribution < -0.4 is 10.1 Å². The second kappa shape index (κ2) is 9.04. The van der Waals surface area contributed by atoms with Crippen molar-refractivity contribution < 1.29 is 19.1 Å². The molecule has 0 bridgehead atoms. The van der Waals surface area contributed by atoms with Crippen molar-refractivity contribution >= 4 is 17.6 Å². The van der Waals surface area contributed by atoms with Crippen LogP contribution in [0.3, 0.4) is 0 Å². The van der Waals surface area contributed by atoms with Gasteiger partial charge in [0.2, 0.25) is 0 Å². The number of carbonyl (C=O) groups is 2. The summed E-state index contributed by atoms with van der Waals surface area (Å²) in [6, 6.07) is 13.2. The average molecular weight is 355 g/mol. The van der Waals surface area contributed by atoms with Crippen LogP contribution in [0.15, 0.2) is 42.5 Å². The molecule has 0 radical (unpaired) electrons. The first-order valence-electron chi connectivity index (χ1n) is 8.58. The predicted molar refractivity (Wildman–Crippen MR) is 102 cm³/mol. The van der Waals surface area contributed by atoms with Crippen LogP contribution in [0.2, 0.25) is 0 Å². The third kappa shape index (κ3) is 5.34.